The summed E-state index contributed by atoms with van der Waals surface area (Å²) < 4.78 is 4.23. The van der Waals surface area contributed by atoms with E-state index < -0.39 is 5.69 Å². The summed E-state index contributed by atoms with van der Waals surface area (Å²) >= 11 is 5.98. The van der Waals surface area contributed by atoms with Crippen LogP contribution in [0.2, 0.25) is 0 Å². The second-order valence-corrected chi connectivity index (χ2v) is 6.97. The van der Waals surface area contributed by atoms with Crippen LogP contribution >= 0.6 is 11.6 Å². The summed E-state index contributed by atoms with van der Waals surface area (Å²) in [5.41, 5.74) is 1.14. The van der Waals surface area contributed by atoms with Crippen molar-refractivity contribution in [3.8, 4) is 0 Å². The molecule has 0 saturated heterocycles. The first-order valence-electron chi connectivity index (χ1n) is 8.66. The van der Waals surface area contributed by atoms with Gasteiger partial charge in [-0.25, -0.2) is 4.79 Å². The van der Waals surface area contributed by atoms with Gasteiger partial charge in [0.05, 0.1) is 0 Å². The highest BCUT2D eigenvalue weighted by atomic mass is 35.5. The summed E-state index contributed by atoms with van der Waals surface area (Å²) in [6.07, 6.45) is 2.61. The van der Waals surface area contributed by atoms with Crippen molar-refractivity contribution in [2.45, 2.75) is 19.9 Å². The Morgan fingerprint density at radius 1 is 1.19 bits per heavy atom. The molecule has 8 heteroatoms. The van der Waals surface area contributed by atoms with Gasteiger partial charge in [0.15, 0.2) is 11.2 Å². The second kappa shape index (κ2) is 7.84. The Labute approximate surface area is 161 Å². The van der Waals surface area contributed by atoms with Crippen LogP contribution in [0, 0.1) is 0 Å². The van der Waals surface area contributed by atoms with E-state index in [9.17, 15) is 9.59 Å². The van der Waals surface area contributed by atoms with Crippen LogP contribution in [0.1, 0.15) is 12.5 Å². The van der Waals surface area contributed by atoms with Crippen LogP contribution in [0.3, 0.4) is 0 Å². The molecule has 0 spiro atoms. The Hall–Kier alpha value is -2.80. The van der Waals surface area contributed by atoms with Crippen molar-refractivity contribution in [2.75, 3.05) is 11.9 Å². The first-order valence-corrected chi connectivity index (χ1v) is 9.04. The fraction of sp³-hybridized carbons (Fsp3) is 0.316. The summed E-state index contributed by atoms with van der Waals surface area (Å²) in [4.78, 5) is 29.4. The molecule has 0 atom stereocenters. The van der Waals surface area contributed by atoms with Gasteiger partial charge in [-0.05, 0) is 18.9 Å². The lowest BCUT2D eigenvalue weighted by molar-refractivity contribution is 0.703. The summed E-state index contributed by atoms with van der Waals surface area (Å²) in [7, 11) is 3.07. The SMILES string of the molecule is C/C(Cl)=C/Cn1c(NCCc2ccccc2)nc2c1c(=O)n(C)c(=O)n2C. The van der Waals surface area contributed by atoms with Crippen molar-refractivity contribution < 1.29 is 0 Å². The minimum atomic E-state index is -0.406. The topological polar surface area (TPSA) is 73.8 Å². The van der Waals surface area contributed by atoms with Crippen molar-refractivity contribution in [1.82, 2.24) is 18.7 Å². The highest BCUT2D eigenvalue weighted by Crippen LogP contribution is 2.16. The Kier molecular flexibility index (Phi) is 5.51. The molecule has 0 unspecified atom stereocenters. The standard InChI is InChI=1S/C19H22ClN5O2/c1-13(20)10-12-25-15-16(23(2)19(27)24(3)17(15)26)22-18(25)21-11-9-14-7-5-4-6-8-14/h4-8,10H,9,11-12H2,1-3H3,(H,21,22)/b13-10-. The normalized spacial score (nSPS) is 11.9. The number of hydrogen-bond donors (Lipinski definition) is 1. The van der Waals surface area contributed by atoms with Crippen molar-refractivity contribution >= 4 is 28.7 Å². The van der Waals surface area contributed by atoms with E-state index >= 15 is 0 Å². The molecule has 7 nitrogen and oxygen atoms in total. The molecule has 27 heavy (non-hydrogen) atoms. The zero-order valence-electron chi connectivity index (χ0n) is 15.6. The fourth-order valence-electron chi connectivity index (χ4n) is 2.94. The van der Waals surface area contributed by atoms with Crippen molar-refractivity contribution in [2.24, 2.45) is 14.1 Å². The van der Waals surface area contributed by atoms with Crippen LogP contribution < -0.4 is 16.6 Å². The minimum Gasteiger partial charge on any atom is -0.355 e. The maximum absolute atomic E-state index is 12.7. The molecule has 0 aliphatic carbocycles. The van der Waals surface area contributed by atoms with Gasteiger partial charge in [0.2, 0.25) is 5.95 Å². The highest BCUT2D eigenvalue weighted by Gasteiger charge is 2.18. The van der Waals surface area contributed by atoms with Crippen LogP contribution in [0.25, 0.3) is 11.2 Å². The Morgan fingerprint density at radius 2 is 1.89 bits per heavy atom. The average molecular weight is 388 g/mol. The average Bonchev–Trinajstić information content (AvgIpc) is 3.02. The Bertz CT molecular complexity index is 1110. The number of nitrogens with one attached hydrogen (secondary N) is 1. The number of aromatic nitrogens is 4. The molecule has 1 aromatic carbocycles. The number of imidazole rings is 1. The van der Waals surface area contributed by atoms with Gasteiger partial charge in [0.25, 0.3) is 5.56 Å². The highest BCUT2D eigenvalue weighted by molar-refractivity contribution is 6.29. The predicted molar refractivity (Wildman–Crippen MR) is 108 cm³/mol. The Morgan fingerprint density at radius 3 is 2.56 bits per heavy atom. The van der Waals surface area contributed by atoms with Gasteiger partial charge in [0, 0.05) is 32.2 Å². The molecule has 142 valence electrons. The van der Waals surface area contributed by atoms with E-state index in [0.717, 1.165) is 11.0 Å². The molecular formula is C19H22ClN5O2. The summed E-state index contributed by atoms with van der Waals surface area (Å²) in [6.45, 7) is 2.80. The number of aryl methyl sites for hydroxylation is 1. The van der Waals surface area contributed by atoms with Crippen molar-refractivity contribution in [1.29, 1.82) is 0 Å². The van der Waals surface area contributed by atoms with Gasteiger partial charge < -0.3 is 9.88 Å². The molecule has 3 rings (SSSR count). The number of fused-ring (bicyclic) bond motifs is 1. The quantitative estimate of drug-likeness (QED) is 0.703. The number of benzene rings is 1. The molecule has 0 bridgehead atoms. The van der Waals surface area contributed by atoms with Gasteiger partial charge in [0.1, 0.15) is 0 Å². The minimum absolute atomic E-state index is 0.353. The van der Waals surface area contributed by atoms with Crippen molar-refractivity contribution in [3.63, 3.8) is 0 Å². The molecule has 0 aliphatic heterocycles. The number of nitrogens with zero attached hydrogens (tertiary/aromatic N) is 4. The van der Waals surface area contributed by atoms with Gasteiger partial charge in [-0.1, -0.05) is 48.0 Å². The van der Waals surface area contributed by atoms with Crippen LogP contribution in [0.5, 0.6) is 0 Å². The van der Waals surface area contributed by atoms with E-state index in [-0.39, 0.29) is 5.56 Å². The zero-order chi connectivity index (χ0) is 19.6. The first-order chi connectivity index (χ1) is 12.9. The summed E-state index contributed by atoms with van der Waals surface area (Å²) in [5, 5.41) is 3.90. The van der Waals surface area contributed by atoms with E-state index in [1.54, 1.807) is 24.6 Å². The van der Waals surface area contributed by atoms with Crippen LogP contribution in [0.15, 0.2) is 51.0 Å². The molecule has 1 N–H and O–H groups in total. The molecule has 3 aromatic rings. The Balaban J connectivity index is 2.02. The number of halogens is 1. The van der Waals surface area contributed by atoms with Crippen LogP contribution in [-0.4, -0.2) is 25.2 Å². The second-order valence-electron chi connectivity index (χ2n) is 6.38. The van der Waals surface area contributed by atoms with E-state index in [2.05, 4.69) is 22.4 Å². The monoisotopic (exact) mass is 387 g/mol. The van der Waals surface area contributed by atoms with Crippen molar-refractivity contribution in [3.05, 3.63) is 67.8 Å². The number of allylic oxidation sites excluding steroid dienone is 2. The first kappa shape index (κ1) is 19.0. The van der Waals surface area contributed by atoms with Crippen LogP contribution in [-0.2, 0) is 27.1 Å². The maximum atomic E-state index is 12.7. The van der Waals surface area contributed by atoms with E-state index in [1.807, 2.05) is 18.2 Å². The summed E-state index contributed by atoms with van der Waals surface area (Å²) in [6, 6.07) is 10.1. The van der Waals surface area contributed by atoms with Gasteiger partial charge in [-0.3, -0.25) is 13.9 Å². The number of rotatable bonds is 6. The lowest BCUT2D eigenvalue weighted by Gasteiger charge is -2.09. The zero-order valence-corrected chi connectivity index (χ0v) is 16.3. The van der Waals surface area contributed by atoms with Gasteiger partial charge >= 0.3 is 5.69 Å². The van der Waals surface area contributed by atoms with E-state index in [0.29, 0.717) is 35.2 Å². The van der Waals surface area contributed by atoms with Gasteiger partial charge in [-0.15, -0.1) is 0 Å². The summed E-state index contributed by atoms with van der Waals surface area (Å²) in [5.74, 6) is 0.536. The third kappa shape index (κ3) is 3.83. The number of anilines is 1. The maximum Gasteiger partial charge on any atom is 0.332 e. The van der Waals surface area contributed by atoms with Gasteiger partial charge in [-0.2, -0.15) is 4.98 Å². The third-order valence-electron chi connectivity index (χ3n) is 4.44. The molecule has 0 aliphatic rings. The largest absolute Gasteiger partial charge is 0.355 e. The number of hydrogen-bond acceptors (Lipinski definition) is 4. The third-order valence-corrected chi connectivity index (χ3v) is 4.60. The van der Waals surface area contributed by atoms with Crippen LogP contribution in [0.4, 0.5) is 5.95 Å². The van der Waals surface area contributed by atoms with E-state index in [1.165, 1.54) is 17.2 Å². The molecule has 0 radical (unpaired) electrons. The molecular weight excluding hydrogens is 366 g/mol. The lowest BCUT2D eigenvalue weighted by Crippen LogP contribution is -2.37. The molecule has 0 fully saturated rings. The fourth-order valence-corrected chi connectivity index (χ4v) is 3.01. The van der Waals surface area contributed by atoms with E-state index in [4.69, 9.17) is 11.6 Å². The predicted octanol–water partition coefficient (Wildman–Crippen LogP) is 2.23. The molecule has 2 heterocycles. The molecule has 0 amide bonds. The smallest absolute Gasteiger partial charge is 0.332 e. The molecule has 2 aromatic heterocycles. The molecule has 0 saturated carbocycles. The lowest BCUT2D eigenvalue weighted by atomic mass is 10.1.